The van der Waals surface area contributed by atoms with E-state index in [1.165, 1.54) is 12.1 Å². The highest BCUT2D eigenvalue weighted by Crippen LogP contribution is 2.25. The predicted octanol–water partition coefficient (Wildman–Crippen LogP) is 3.49. The van der Waals surface area contributed by atoms with Gasteiger partial charge in [-0.25, -0.2) is 8.78 Å². The van der Waals surface area contributed by atoms with Gasteiger partial charge in [0.15, 0.2) is 0 Å². The molecule has 0 unspecified atom stereocenters. The van der Waals surface area contributed by atoms with Gasteiger partial charge in [-0.2, -0.15) is 5.26 Å². The second-order valence-corrected chi connectivity index (χ2v) is 3.88. The van der Waals surface area contributed by atoms with E-state index in [1.807, 2.05) is 0 Å². The molecule has 0 saturated carbocycles. The maximum absolute atomic E-state index is 13.0. The van der Waals surface area contributed by atoms with Gasteiger partial charge in [-0.15, -0.1) is 0 Å². The molecule has 0 bridgehead atoms. The van der Waals surface area contributed by atoms with E-state index < -0.39 is 16.6 Å². The number of nitrogens with zero attached hydrogens (tertiary/aromatic N) is 2. The summed E-state index contributed by atoms with van der Waals surface area (Å²) < 4.78 is 26.1. The van der Waals surface area contributed by atoms with Crippen LogP contribution in [0.2, 0.25) is 0 Å². The SMILES string of the molecule is N#Cc1ccc(Nc2cc(F)cc(F)c2)cc1[N+](=O)[O-]. The highest BCUT2D eigenvalue weighted by Gasteiger charge is 2.14. The van der Waals surface area contributed by atoms with Crippen LogP contribution < -0.4 is 5.32 Å². The molecule has 0 fully saturated rings. The molecule has 0 aromatic heterocycles. The molecule has 7 heteroatoms. The Balaban J connectivity index is 2.37. The Bertz CT molecular complexity index is 706. The van der Waals surface area contributed by atoms with Crippen molar-refractivity contribution in [2.24, 2.45) is 0 Å². The summed E-state index contributed by atoms with van der Waals surface area (Å²) in [7, 11) is 0. The maximum Gasteiger partial charge on any atom is 0.289 e. The van der Waals surface area contributed by atoms with E-state index in [4.69, 9.17) is 5.26 Å². The summed E-state index contributed by atoms with van der Waals surface area (Å²) in [4.78, 5) is 10.1. The van der Waals surface area contributed by atoms with Crippen molar-refractivity contribution in [1.82, 2.24) is 0 Å². The molecule has 100 valence electrons. The van der Waals surface area contributed by atoms with Crippen LogP contribution in [0.5, 0.6) is 0 Å². The van der Waals surface area contributed by atoms with E-state index in [2.05, 4.69) is 5.32 Å². The molecule has 1 N–H and O–H groups in total. The molecular formula is C13H7F2N3O2. The summed E-state index contributed by atoms with van der Waals surface area (Å²) in [5.74, 6) is -1.54. The van der Waals surface area contributed by atoms with Crippen molar-refractivity contribution < 1.29 is 13.7 Å². The smallest absolute Gasteiger partial charge is 0.289 e. The van der Waals surface area contributed by atoms with E-state index in [9.17, 15) is 18.9 Å². The minimum absolute atomic E-state index is 0.0917. The van der Waals surface area contributed by atoms with Crippen LogP contribution in [-0.2, 0) is 0 Å². The third-order valence-corrected chi connectivity index (χ3v) is 2.47. The number of anilines is 2. The molecule has 2 aromatic rings. The molecule has 0 aliphatic rings. The quantitative estimate of drug-likeness (QED) is 0.687. The van der Waals surface area contributed by atoms with Gasteiger partial charge < -0.3 is 5.32 Å². The van der Waals surface area contributed by atoms with Gasteiger partial charge in [0.05, 0.1) is 4.92 Å². The third-order valence-electron chi connectivity index (χ3n) is 2.47. The first-order valence-corrected chi connectivity index (χ1v) is 5.41. The zero-order chi connectivity index (χ0) is 14.7. The molecule has 0 aliphatic heterocycles. The fourth-order valence-electron chi connectivity index (χ4n) is 1.65. The number of nitriles is 1. The Morgan fingerprint density at radius 2 is 1.75 bits per heavy atom. The average Bonchev–Trinajstić information content (AvgIpc) is 2.37. The number of nitrogens with one attached hydrogen (secondary N) is 1. The molecule has 2 rings (SSSR count). The molecule has 0 amide bonds. The van der Waals surface area contributed by atoms with E-state index in [0.717, 1.165) is 18.2 Å². The Kier molecular flexibility index (Phi) is 3.57. The van der Waals surface area contributed by atoms with Crippen molar-refractivity contribution >= 4 is 17.1 Å². The number of hydrogen-bond acceptors (Lipinski definition) is 4. The third kappa shape index (κ3) is 2.87. The summed E-state index contributed by atoms with van der Waals surface area (Å²) in [5.41, 5.74) is -0.109. The van der Waals surface area contributed by atoms with Crippen molar-refractivity contribution in [3.63, 3.8) is 0 Å². The van der Waals surface area contributed by atoms with Crippen LogP contribution in [0.4, 0.5) is 25.8 Å². The topological polar surface area (TPSA) is 79.0 Å². The molecule has 5 nitrogen and oxygen atoms in total. The Morgan fingerprint density at radius 1 is 1.10 bits per heavy atom. The van der Waals surface area contributed by atoms with Gasteiger partial charge in [0.2, 0.25) is 0 Å². The summed E-state index contributed by atoms with van der Waals surface area (Å²) in [5, 5.41) is 22.2. The minimum Gasteiger partial charge on any atom is -0.355 e. The van der Waals surface area contributed by atoms with Crippen LogP contribution >= 0.6 is 0 Å². The van der Waals surface area contributed by atoms with Gasteiger partial charge in [-0.1, -0.05) is 0 Å². The normalized spacial score (nSPS) is 9.85. The van der Waals surface area contributed by atoms with Crippen LogP contribution in [0.15, 0.2) is 36.4 Å². The fraction of sp³-hybridized carbons (Fsp3) is 0. The first-order chi connectivity index (χ1) is 9.49. The lowest BCUT2D eigenvalue weighted by atomic mass is 10.1. The van der Waals surface area contributed by atoms with Crippen LogP contribution in [0.3, 0.4) is 0 Å². The Hall–Kier alpha value is -3.01. The molecule has 0 aliphatic carbocycles. The summed E-state index contributed by atoms with van der Waals surface area (Å²) >= 11 is 0. The monoisotopic (exact) mass is 275 g/mol. The molecule has 2 aromatic carbocycles. The van der Waals surface area contributed by atoms with Crippen LogP contribution in [0, 0.1) is 33.1 Å². The van der Waals surface area contributed by atoms with Crippen molar-refractivity contribution in [1.29, 1.82) is 5.26 Å². The van der Waals surface area contributed by atoms with Gasteiger partial charge in [-0.05, 0) is 24.3 Å². The largest absolute Gasteiger partial charge is 0.355 e. The molecular weight excluding hydrogens is 268 g/mol. The first kappa shape index (κ1) is 13.4. The van der Waals surface area contributed by atoms with Crippen LogP contribution in [0.1, 0.15) is 5.56 Å². The van der Waals surface area contributed by atoms with Crippen molar-refractivity contribution in [3.05, 3.63) is 63.7 Å². The second-order valence-electron chi connectivity index (χ2n) is 3.88. The zero-order valence-electron chi connectivity index (χ0n) is 9.93. The highest BCUT2D eigenvalue weighted by atomic mass is 19.1. The van der Waals surface area contributed by atoms with Gasteiger partial charge >= 0.3 is 0 Å². The molecule has 0 saturated heterocycles. The second kappa shape index (κ2) is 5.32. The first-order valence-electron chi connectivity index (χ1n) is 5.41. The summed E-state index contributed by atoms with van der Waals surface area (Å²) in [6.45, 7) is 0. The Labute approximate surface area is 112 Å². The lowest BCUT2D eigenvalue weighted by Gasteiger charge is -2.07. The summed E-state index contributed by atoms with van der Waals surface area (Å²) in [6, 6.07) is 8.31. The van der Waals surface area contributed by atoms with Crippen molar-refractivity contribution in [3.8, 4) is 6.07 Å². The number of halogens is 2. The fourth-order valence-corrected chi connectivity index (χ4v) is 1.65. The van der Waals surface area contributed by atoms with Crippen LogP contribution in [0.25, 0.3) is 0 Å². The van der Waals surface area contributed by atoms with E-state index in [0.29, 0.717) is 6.07 Å². The number of rotatable bonds is 3. The number of benzene rings is 2. The maximum atomic E-state index is 13.0. The standard InChI is InChI=1S/C13H7F2N3O2/c14-9-3-10(15)5-12(4-9)17-11-2-1-8(7-16)13(6-11)18(19)20/h1-6,17H. The highest BCUT2D eigenvalue weighted by molar-refractivity contribution is 5.65. The lowest BCUT2D eigenvalue weighted by Crippen LogP contribution is -1.96. The van der Waals surface area contributed by atoms with Gasteiger partial charge in [0.1, 0.15) is 23.3 Å². The van der Waals surface area contributed by atoms with E-state index in [1.54, 1.807) is 6.07 Å². The zero-order valence-corrected chi connectivity index (χ0v) is 9.93. The molecule has 0 radical (unpaired) electrons. The van der Waals surface area contributed by atoms with Gasteiger partial charge in [0, 0.05) is 23.5 Å². The predicted molar refractivity (Wildman–Crippen MR) is 67.5 cm³/mol. The van der Waals surface area contributed by atoms with Crippen LogP contribution in [-0.4, -0.2) is 4.92 Å². The number of hydrogen-bond donors (Lipinski definition) is 1. The van der Waals surface area contributed by atoms with Crippen molar-refractivity contribution in [2.75, 3.05) is 5.32 Å². The number of nitro benzene ring substituents is 1. The van der Waals surface area contributed by atoms with Gasteiger partial charge in [0.25, 0.3) is 5.69 Å². The molecule has 20 heavy (non-hydrogen) atoms. The lowest BCUT2D eigenvalue weighted by molar-refractivity contribution is -0.385. The number of nitro groups is 1. The van der Waals surface area contributed by atoms with Crippen molar-refractivity contribution in [2.45, 2.75) is 0 Å². The average molecular weight is 275 g/mol. The molecule has 0 spiro atoms. The molecule has 0 heterocycles. The molecule has 0 atom stereocenters. The van der Waals surface area contributed by atoms with E-state index >= 15 is 0 Å². The van der Waals surface area contributed by atoms with Gasteiger partial charge in [-0.3, -0.25) is 10.1 Å². The Morgan fingerprint density at radius 3 is 2.30 bits per heavy atom. The van der Waals surface area contributed by atoms with E-state index in [-0.39, 0.29) is 22.6 Å². The summed E-state index contributed by atoms with van der Waals surface area (Å²) in [6.07, 6.45) is 0. The minimum atomic E-state index is -0.768.